The van der Waals surface area contributed by atoms with Crippen LogP contribution in [-0.2, 0) is 20.9 Å². The fourth-order valence-corrected chi connectivity index (χ4v) is 2.95. The summed E-state index contributed by atoms with van der Waals surface area (Å²) in [6.07, 6.45) is 2.59. The third-order valence-electron chi connectivity index (χ3n) is 4.31. The van der Waals surface area contributed by atoms with E-state index in [1.807, 2.05) is 24.3 Å². The molecule has 0 saturated carbocycles. The number of ether oxygens (including phenoxy) is 2. The Labute approximate surface area is 165 Å². The summed E-state index contributed by atoms with van der Waals surface area (Å²) >= 11 is 0. The lowest BCUT2D eigenvalue weighted by Gasteiger charge is -2.32. The van der Waals surface area contributed by atoms with Gasteiger partial charge in [-0.25, -0.2) is 0 Å². The Morgan fingerprint density at radius 3 is 2.64 bits per heavy atom. The first kappa shape index (κ1) is 21.9. The van der Waals surface area contributed by atoms with Gasteiger partial charge < -0.3 is 30.1 Å². The lowest BCUT2D eigenvalue weighted by molar-refractivity contribution is -0.128. The highest BCUT2D eigenvalue weighted by Crippen LogP contribution is 2.18. The molecule has 0 aliphatic carbocycles. The van der Waals surface area contributed by atoms with Gasteiger partial charge in [-0.1, -0.05) is 30.4 Å². The number of hydrogen-bond donors (Lipinski definition) is 3. The molecule has 0 saturated heterocycles. The summed E-state index contributed by atoms with van der Waals surface area (Å²) in [7, 11) is 5.19. The van der Waals surface area contributed by atoms with Crippen molar-refractivity contribution >= 4 is 11.8 Å². The predicted molar refractivity (Wildman–Crippen MR) is 105 cm³/mol. The van der Waals surface area contributed by atoms with Gasteiger partial charge >= 0.3 is 0 Å². The van der Waals surface area contributed by atoms with Crippen LogP contribution in [0.25, 0.3) is 0 Å². The van der Waals surface area contributed by atoms with Crippen molar-refractivity contribution in [3.63, 3.8) is 0 Å². The van der Waals surface area contributed by atoms with Gasteiger partial charge in [-0.15, -0.1) is 0 Å². The van der Waals surface area contributed by atoms with Crippen molar-refractivity contribution in [3.8, 4) is 5.75 Å². The number of para-hydroxylation sites is 1. The molecular formula is C20H29N3O5. The van der Waals surface area contributed by atoms with Crippen molar-refractivity contribution in [3.05, 3.63) is 42.0 Å². The average molecular weight is 391 g/mol. The highest BCUT2D eigenvalue weighted by molar-refractivity contribution is 5.79. The van der Waals surface area contributed by atoms with Crippen LogP contribution < -0.4 is 15.4 Å². The molecule has 154 valence electrons. The van der Waals surface area contributed by atoms with Gasteiger partial charge in [0.25, 0.3) is 0 Å². The third kappa shape index (κ3) is 6.63. The van der Waals surface area contributed by atoms with Crippen molar-refractivity contribution in [2.45, 2.75) is 31.2 Å². The summed E-state index contributed by atoms with van der Waals surface area (Å²) in [4.78, 5) is 25.9. The number of aliphatic hydroxyl groups excluding tert-OH is 1. The molecule has 0 spiro atoms. The van der Waals surface area contributed by atoms with Gasteiger partial charge in [0.2, 0.25) is 11.8 Å². The third-order valence-corrected chi connectivity index (χ3v) is 4.31. The van der Waals surface area contributed by atoms with Crippen molar-refractivity contribution in [2.75, 3.05) is 34.4 Å². The molecule has 28 heavy (non-hydrogen) atoms. The fourth-order valence-electron chi connectivity index (χ4n) is 2.95. The molecule has 1 aliphatic heterocycles. The Balaban J connectivity index is 1.86. The van der Waals surface area contributed by atoms with E-state index in [4.69, 9.17) is 9.47 Å². The van der Waals surface area contributed by atoms with E-state index in [2.05, 4.69) is 10.6 Å². The highest BCUT2D eigenvalue weighted by Gasteiger charge is 2.29. The lowest BCUT2D eigenvalue weighted by Crippen LogP contribution is -2.50. The molecule has 1 aromatic rings. The fraction of sp³-hybridized carbons (Fsp3) is 0.500. The first-order valence-corrected chi connectivity index (χ1v) is 9.20. The maximum Gasteiger partial charge on any atom is 0.234 e. The number of nitrogens with zero attached hydrogens (tertiary/aromatic N) is 1. The topological polar surface area (TPSA) is 100 Å². The summed E-state index contributed by atoms with van der Waals surface area (Å²) in [5, 5.41) is 15.2. The van der Waals surface area contributed by atoms with E-state index in [-0.39, 0.29) is 31.4 Å². The highest BCUT2D eigenvalue weighted by atomic mass is 16.5. The van der Waals surface area contributed by atoms with Crippen molar-refractivity contribution in [1.29, 1.82) is 0 Å². The molecule has 0 bridgehead atoms. The summed E-state index contributed by atoms with van der Waals surface area (Å²) < 4.78 is 11.0. The Hall–Kier alpha value is -2.42. The van der Waals surface area contributed by atoms with Gasteiger partial charge in [0.15, 0.2) is 0 Å². The monoisotopic (exact) mass is 391 g/mol. The zero-order chi connectivity index (χ0) is 20.5. The first-order valence-electron chi connectivity index (χ1n) is 9.20. The van der Waals surface area contributed by atoms with Gasteiger partial charge in [-0.3, -0.25) is 9.59 Å². The lowest BCUT2D eigenvalue weighted by atomic mass is 10.0. The van der Waals surface area contributed by atoms with Gasteiger partial charge in [0.1, 0.15) is 11.9 Å². The number of methoxy groups -OCH3 is 1. The standard InChI is InChI=1S/C20H29N3O5/c1-23(2)12-20(26)22-16-9-8-15(28-18(16)13-24)10-19(25)21-11-14-6-4-5-7-17(14)27-3/h4-9,15-16,18,24H,10-13H2,1-3H3,(H,21,25)(H,22,26)/t15-,16-,18-/m0/s1. The Morgan fingerprint density at radius 1 is 1.21 bits per heavy atom. The molecule has 8 nitrogen and oxygen atoms in total. The Bertz CT molecular complexity index is 692. The van der Waals surface area contributed by atoms with Crippen molar-refractivity contribution in [1.82, 2.24) is 15.5 Å². The normalized spacial score (nSPS) is 21.4. The van der Waals surface area contributed by atoms with Crippen LogP contribution in [0.5, 0.6) is 5.75 Å². The Morgan fingerprint density at radius 2 is 1.96 bits per heavy atom. The largest absolute Gasteiger partial charge is 0.496 e. The smallest absolute Gasteiger partial charge is 0.234 e. The summed E-state index contributed by atoms with van der Waals surface area (Å²) in [5.41, 5.74) is 0.885. The maximum absolute atomic E-state index is 12.3. The molecule has 8 heteroatoms. The SMILES string of the molecule is COc1ccccc1CNC(=O)C[C@@H]1C=C[C@H](NC(=O)CN(C)C)[C@H](CO)O1. The van der Waals surface area contributed by atoms with Crippen LogP contribution in [0.4, 0.5) is 0 Å². The molecule has 1 heterocycles. The van der Waals surface area contributed by atoms with Crippen LogP contribution >= 0.6 is 0 Å². The van der Waals surface area contributed by atoms with Crippen LogP contribution in [0.2, 0.25) is 0 Å². The van der Waals surface area contributed by atoms with Crippen molar-refractivity contribution < 1.29 is 24.2 Å². The molecule has 0 aromatic heterocycles. The van der Waals surface area contributed by atoms with E-state index in [1.54, 1.807) is 38.3 Å². The molecule has 3 N–H and O–H groups in total. The van der Waals surface area contributed by atoms with Gasteiger partial charge in [0, 0.05) is 12.1 Å². The second-order valence-electron chi connectivity index (χ2n) is 6.90. The number of carbonyl (C=O) groups is 2. The van der Waals surface area contributed by atoms with Gasteiger partial charge in [-0.2, -0.15) is 0 Å². The molecule has 0 fully saturated rings. The van der Waals surface area contributed by atoms with Crippen LogP contribution in [0, 0.1) is 0 Å². The molecule has 1 aromatic carbocycles. The van der Waals surface area contributed by atoms with Crippen LogP contribution in [0.15, 0.2) is 36.4 Å². The first-order chi connectivity index (χ1) is 13.4. The van der Waals surface area contributed by atoms with Crippen molar-refractivity contribution in [2.24, 2.45) is 0 Å². The Kier molecular flexibility index (Phi) is 8.43. The van der Waals surface area contributed by atoms with E-state index in [1.165, 1.54) is 0 Å². The average Bonchev–Trinajstić information content (AvgIpc) is 2.67. The number of benzene rings is 1. The number of amides is 2. The minimum Gasteiger partial charge on any atom is -0.496 e. The minimum atomic E-state index is -0.594. The number of aliphatic hydroxyl groups is 1. The molecule has 3 atom stereocenters. The van der Waals surface area contributed by atoms with E-state index in [9.17, 15) is 14.7 Å². The predicted octanol–water partition coefficient (Wildman–Crippen LogP) is 0.0638. The molecule has 1 aliphatic rings. The zero-order valence-electron chi connectivity index (χ0n) is 16.6. The van der Waals surface area contributed by atoms with E-state index in [0.717, 1.165) is 5.56 Å². The van der Waals surface area contributed by atoms with Crippen LogP contribution in [0.1, 0.15) is 12.0 Å². The molecular weight excluding hydrogens is 362 g/mol. The van der Waals surface area contributed by atoms with E-state index >= 15 is 0 Å². The maximum atomic E-state index is 12.3. The number of carbonyl (C=O) groups excluding carboxylic acids is 2. The summed E-state index contributed by atoms with van der Waals surface area (Å²) in [6, 6.07) is 7.05. The number of hydrogen-bond acceptors (Lipinski definition) is 6. The minimum absolute atomic E-state index is 0.126. The second kappa shape index (κ2) is 10.8. The summed E-state index contributed by atoms with van der Waals surface area (Å²) in [6.45, 7) is 0.347. The molecule has 2 rings (SSSR count). The van der Waals surface area contributed by atoms with Gasteiger partial charge in [-0.05, 0) is 20.2 Å². The molecule has 0 unspecified atom stereocenters. The van der Waals surface area contributed by atoms with Crippen LogP contribution in [-0.4, -0.2) is 74.4 Å². The number of likely N-dealkylation sites (N-methyl/N-ethyl adjacent to an activating group) is 1. The zero-order valence-corrected chi connectivity index (χ0v) is 16.6. The number of nitrogens with one attached hydrogen (secondary N) is 2. The molecule has 0 radical (unpaired) electrons. The number of rotatable bonds is 9. The van der Waals surface area contributed by atoms with E-state index in [0.29, 0.717) is 12.3 Å². The quantitative estimate of drug-likeness (QED) is 0.515. The molecule has 2 amide bonds. The van der Waals surface area contributed by atoms with Crippen LogP contribution in [0.3, 0.4) is 0 Å². The second-order valence-corrected chi connectivity index (χ2v) is 6.90. The van der Waals surface area contributed by atoms with E-state index < -0.39 is 18.2 Å². The summed E-state index contributed by atoms with van der Waals surface area (Å²) in [5.74, 6) is 0.385. The van der Waals surface area contributed by atoms with Gasteiger partial charge in [0.05, 0.1) is 38.8 Å².